The van der Waals surface area contributed by atoms with Gasteiger partial charge < -0.3 is 9.47 Å². The lowest BCUT2D eigenvalue weighted by atomic mass is 10.1. The average Bonchev–Trinajstić information content (AvgIpc) is 3.25. The van der Waals surface area contributed by atoms with E-state index in [0.29, 0.717) is 28.0 Å². The van der Waals surface area contributed by atoms with Crippen LogP contribution in [-0.4, -0.2) is 21.9 Å². The van der Waals surface area contributed by atoms with Crippen LogP contribution in [0.25, 0.3) is 5.69 Å². The van der Waals surface area contributed by atoms with E-state index in [9.17, 15) is 13.2 Å². The Morgan fingerprint density at radius 2 is 1.61 bits per heavy atom. The Morgan fingerprint density at radius 1 is 0.879 bits per heavy atom. The van der Waals surface area contributed by atoms with Crippen molar-refractivity contribution in [2.24, 2.45) is 0 Å². The first kappa shape index (κ1) is 22.7. The molecule has 0 aliphatic carbocycles. The molecule has 33 heavy (non-hydrogen) atoms. The van der Waals surface area contributed by atoms with E-state index in [4.69, 9.17) is 9.47 Å². The molecule has 3 aromatic carbocycles. The smallest absolute Gasteiger partial charge is 0.416 e. The molecular formula is C24H20F3N3O2S. The predicted octanol–water partition coefficient (Wildman–Crippen LogP) is 6.17. The van der Waals surface area contributed by atoms with Crippen LogP contribution in [0.2, 0.25) is 0 Å². The normalized spacial score (nSPS) is 11.4. The van der Waals surface area contributed by atoms with E-state index in [-0.39, 0.29) is 6.61 Å². The number of rotatable bonds is 8. The van der Waals surface area contributed by atoms with Crippen LogP contribution >= 0.6 is 11.8 Å². The zero-order valence-electron chi connectivity index (χ0n) is 17.6. The number of nitrogens with zero attached hydrogens (tertiary/aromatic N) is 3. The third-order valence-electron chi connectivity index (χ3n) is 4.76. The molecule has 0 spiro atoms. The van der Waals surface area contributed by atoms with Gasteiger partial charge in [-0.25, -0.2) is 0 Å². The van der Waals surface area contributed by atoms with Crippen LogP contribution in [0.3, 0.4) is 0 Å². The molecule has 1 aromatic heterocycles. The minimum Gasteiger partial charge on any atom is -0.497 e. The number of hydrogen-bond donors (Lipinski definition) is 0. The summed E-state index contributed by atoms with van der Waals surface area (Å²) in [4.78, 5) is 0. The fraction of sp³-hybridized carbons (Fsp3) is 0.167. The van der Waals surface area contributed by atoms with Gasteiger partial charge in [0.15, 0.2) is 11.0 Å². The number of benzene rings is 3. The summed E-state index contributed by atoms with van der Waals surface area (Å²) in [7, 11) is 1.59. The first-order valence-electron chi connectivity index (χ1n) is 9.99. The second-order valence-electron chi connectivity index (χ2n) is 7.02. The van der Waals surface area contributed by atoms with Crippen molar-refractivity contribution >= 4 is 11.8 Å². The minimum absolute atomic E-state index is 0.165. The van der Waals surface area contributed by atoms with Crippen molar-refractivity contribution in [3.05, 3.63) is 95.8 Å². The maximum Gasteiger partial charge on any atom is 0.416 e. The number of halogens is 3. The highest BCUT2D eigenvalue weighted by Crippen LogP contribution is 2.32. The predicted molar refractivity (Wildman–Crippen MR) is 120 cm³/mol. The molecule has 0 aliphatic heterocycles. The second kappa shape index (κ2) is 9.99. The summed E-state index contributed by atoms with van der Waals surface area (Å²) < 4.78 is 52.0. The molecule has 0 N–H and O–H groups in total. The van der Waals surface area contributed by atoms with Gasteiger partial charge in [-0.05, 0) is 48.0 Å². The molecule has 0 aliphatic rings. The van der Waals surface area contributed by atoms with Gasteiger partial charge in [-0.15, -0.1) is 10.2 Å². The van der Waals surface area contributed by atoms with E-state index >= 15 is 0 Å². The van der Waals surface area contributed by atoms with Crippen molar-refractivity contribution in [3.8, 4) is 17.2 Å². The fourth-order valence-corrected chi connectivity index (χ4v) is 4.04. The number of hydrogen-bond acceptors (Lipinski definition) is 5. The molecule has 1 heterocycles. The van der Waals surface area contributed by atoms with Crippen LogP contribution < -0.4 is 9.47 Å². The maximum absolute atomic E-state index is 13.0. The number of methoxy groups -OCH3 is 1. The molecule has 0 radical (unpaired) electrons. The van der Waals surface area contributed by atoms with Crippen molar-refractivity contribution in [2.45, 2.75) is 23.7 Å². The first-order valence-corrected chi connectivity index (χ1v) is 11.0. The summed E-state index contributed by atoms with van der Waals surface area (Å²) in [6.45, 7) is 0.165. The van der Waals surface area contributed by atoms with Crippen LogP contribution in [0, 0.1) is 0 Å². The van der Waals surface area contributed by atoms with Crippen molar-refractivity contribution in [1.82, 2.24) is 14.8 Å². The summed E-state index contributed by atoms with van der Waals surface area (Å²) in [6, 6.07) is 22.0. The van der Waals surface area contributed by atoms with Crippen molar-refractivity contribution in [1.29, 1.82) is 0 Å². The molecule has 0 unspecified atom stereocenters. The largest absolute Gasteiger partial charge is 0.497 e. The van der Waals surface area contributed by atoms with Gasteiger partial charge >= 0.3 is 6.18 Å². The van der Waals surface area contributed by atoms with E-state index < -0.39 is 11.7 Å². The Balaban J connectivity index is 1.55. The van der Waals surface area contributed by atoms with Crippen molar-refractivity contribution < 1.29 is 22.6 Å². The molecule has 0 saturated carbocycles. The number of thioether (sulfide) groups is 1. The Kier molecular flexibility index (Phi) is 6.88. The lowest BCUT2D eigenvalue weighted by molar-refractivity contribution is -0.137. The molecule has 0 bridgehead atoms. The lowest BCUT2D eigenvalue weighted by Gasteiger charge is -2.12. The SMILES string of the molecule is COc1ccc(OCc2nnc(SCc3cccc(C(F)(F)F)c3)n2-c2ccccc2)cc1. The Hall–Kier alpha value is -3.46. The van der Waals surface area contributed by atoms with Crippen LogP contribution in [0.4, 0.5) is 13.2 Å². The van der Waals surface area contributed by atoms with Crippen molar-refractivity contribution in [2.75, 3.05) is 7.11 Å². The molecule has 5 nitrogen and oxygen atoms in total. The summed E-state index contributed by atoms with van der Waals surface area (Å²) in [5, 5.41) is 9.11. The third kappa shape index (κ3) is 5.67. The highest BCUT2D eigenvalue weighted by atomic mass is 32.2. The second-order valence-corrected chi connectivity index (χ2v) is 7.96. The van der Waals surface area contributed by atoms with Gasteiger partial charge in [0, 0.05) is 11.4 Å². The number of para-hydroxylation sites is 1. The molecule has 9 heteroatoms. The molecule has 4 rings (SSSR count). The summed E-state index contributed by atoms with van der Waals surface area (Å²) in [6.07, 6.45) is -4.38. The van der Waals surface area contributed by atoms with Gasteiger partial charge in [-0.3, -0.25) is 4.57 Å². The topological polar surface area (TPSA) is 49.2 Å². The highest BCUT2D eigenvalue weighted by Gasteiger charge is 2.30. The van der Waals surface area contributed by atoms with E-state index in [2.05, 4.69) is 10.2 Å². The first-order chi connectivity index (χ1) is 15.9. The standard InChI is InChI=1S/C24H20F3N3O2S/c1-31-20-10-12-21(13-11-20)32-15-22-28-29-23(30(22)19-8-3-2-4-9-19)33-16-17-6-5-7-18(14-17)24(25,26)27/h2-14H,15-16H2,1H3. The maximum atomic E-state index is 13.0. The van der Waals surface area contributed by atoms with E-state index in [1.165, 1.54) is 17.8 Å². The monoisotopic (exact) mass is 471 g/mol. The van der Waals surface area contributed by atoms with Gasteiger partial charge in [-0.1, -0.05) is 48.2 Å². The molecule has 0 fully saturated rings. The van der Waals surface area contributed by atoms with E-state index in [1.54, 1.807) is 37.4 Å². The average molecular weight is 472 g/mol. The third-order valence-corrected chi connectivity index (χ3v) is 5.76. The van der Waals surface area contributed by atoms with E-state index in [1.807, 2.05) is 34.9 Å². The summed E-state index contributed by atoms with van der Waals surface area (Å²) >= 11 is 1.31. The summed E-state index contributed by atoms with van der Waals surface area (Å²) in [5.74, 6) is 2.26. The van der Waals surface area contributed by atoms with Gasteiger partial charge in [-0.2, -0.15) is 13.2 Å². The minimum atomic E-state index is -4.38. The molecule has 0 atom stereocenters. The lowest BCUT2D eigenvalue weighted by Crippen LogP contribution is -2.07. The van der Waals surface area contributed by atoms with Crippen molar-refractivity contribution in [3.63, 3.8) is 0 Å². The van der Waals surface area contributed by atoms with Gasteiger partial charge in [0.1, 0.15) is 18.1 Å². The van der Waals surface area contributed by atoms with Crippen LogP contribution in [0.1, 0.15) is 17.0 Å². The van der Waals surface area contributed by atoms with Crippen LogP contribution in [-0.2, 0) is 18.5 Å². The zero-order valence-corrected chi connectivity index (χ0v) is 18.4. The summed E-state index contributed by atoms with van der Waals surface area (Å²) in [5.41, 5.74) is 0.717. The Bertz CT molecular complexity index is 1200. The fourth-order valence-electron chi connectivity index (χ4n) is 3.13. The molecule has 170 valence electrons. The van der Waals surface area contributed by atoms with Crippen LogP contribution in [0.5, 0.6) is 11.5 Å². The number of alkyl halides is 3. The molecule has 4 aromatic rings. The quantitative estimate of drug-likeness (QED) is 0.288. The van der Waals surface area contributed by atoms with Crippen LogP contribution in [0.15, 0.2) is 84.0 Å². The van der Waals surface area contributed by atoms with Gasteiger partial charge in [0.2, 0.25) is 0 Å². The van der Waals surface area contributed by atoms with Gasteiger partial charge in [0.25, 0.3) is 0 Å². The number of aromatic nitrogens is 3. The molecular weight excluding hydrogens is 451 g/mol. The number of ether oxygens (including phenoxy) is 2. The Morgan fingerprint density at radius 3 is 2.30 bits per heavy atom. The molecule has 0 amide bonds. The highest BCUT2D eigenvalue weighted by molar-refractivity contribution is 7.98. The van der Waals surface area contributed by atoms with Gasteiger partial charge in [0.05, 0.1) is 12.7 Å². The zero-order chi connectivity index (χ0) is 23.3. The Labute approximate surface area is 193 Å². The molecule has 0 saturated heterocycles. The van der Waals surface area contributed by atoms with E-state index in [0.717, 1.165) is 23.6 Å².